The predicted molar refractivity (Wildman–Crippen MR) is 104 cm³/mol. The number of benzene rings is 1. The van der Waals surface area contributed by atoms with Crippen LogP contribution in [0.4, 0.5) is 0 Å². The van der Waals surface area contributed by atoms with E-state index in [0.717, 1.165) is 32.1 Å². The normalized spacial score (nSPS) is 17.3. The molecule has 0 aliphatic heterocycles. The first-order valence-electron chi connectivity index (χ1n) is 9.46. The molecule has 0 bridgehead atoms. The Morgan fingerprint density at radius 1 is 1.15 bits per heavy atom. The van der Waals surface area contributed by atoms with Gasteiger partial charge in [0.1, 0.15) is 6.04 Å². The molecule has 1 aromatic carbocycles. The van der Waals surface area contributed by atoms with Gasteiger partial charge in [0.2, 0.25) is 15.9 Å². The average Bonchev–Trinajstić information content (AvgIpc) is 3.13. The molecule has 1 aromatic rings. The highest BCUT2D eigenvalue weighted by Gasteiger charge is 2.24. The number of nitrogens with one attached hydrogen (secondary N) is 3. The summed E-state index contributed by atoms with van der Waals surface area (Å²) >= 11 is 0. The van der Waals surface area contributed by atoms with Crippen LogP contribution in [0.5, 0.6) is 0 Å². The highest BCUT2D eigenvalue weighted by Crippen LogP contribution is 2.20. The van der Waals surface area contributed by atoms with E-state index in [4.69, 9.17) is 0 Å². The zero-order valence-corrected chi connectivity index (χ0v) is 16.9. The number of amides is 2. The molecule has 7 nitrogen and oxygen atoms in total. The number of carbonyl (C=O) groups excluding carboxylic acids is 2. The summed E-state index contributed by atoms with van der Waals surface area (Å²) in [5.74, 6) is -0.760. The Balaban J connectivity index is 2.05. The maximum atomic E-state index is 12.5. The van der Waals surface area contributed by atoms with Crippen LogP contribution in [0.15, 0.2) is 29.2 Å². The summed E-state index contributed by atoms with van der Waals surface area (Å²) in [6.07, 6.45) is 4.50. The lowest BCUT2D eigenvalue weighted by Crippen LogP contribution is -2.47. The first-order valence-corrected chi connectivity index (χ1v) is 10.9. The summed E-state index contributed by atoms with van der Waals surface area (Å²) in [6, 6.07) is 5.12. The number of carbonyl (C=O) groups is 2. The van der Waals surface area contributed by atoms with E-state index in [-0.39, 0.29) is 28.4 Å². The fourth-order valence-corrected chi connectivity index (χ4v) is 4.30. The van der Waals surface area contributed by atoms with Crippen molar-refractivity contribution < 1.29 is 18.0 Å². The lowest BCUT2D eigenvalue weighted by Gasteiger charge is -2.18. The highest BCUT2D eigenvalue weighted by atomic mass is 32.2. The fourth-order valence-electron chi connectivity index (χ4n) is 2.95. The first-order chi connectivity index (χ1) is 12.7. The molecule has 2 rings (SSSR count). The molecular formula is C19H29N3O4S. The van der Waals surface area contributed by atoms with E-state index in [1.807, 2.05) is 13.8 Å². The van der Waals surface area contributed by atoms with Crippen molar-refractivity contribution in [3.05, 3.63) is 29.8 Å². The zero-order valence-electron chi connectivity index (χ0n) is 16.1. The van der Waals surface area contributed by atoms with Crippen LogP contribution in [0.25, 0.3) is 0 Å². The van der Waals surface area contributed by atoms with E-state index in [1.165, 1.54) is 24.3 Å². The van der Waals surface area contributed by atoms with Gasteiger partial charge < -0.3 is 10.6 Å². The molecule has 1 fully saturated rings. The van der Waals surface area contributed by atoms with Crippen LogP contribution in [0, 0.1) is 0 Å². The lowest BCUT2D eigenvalue weighted by molar-refractivity contribution is -0.123. The molecule has 150 valence electrons. The van der Waals surface area contributed by atoms with E-state index in [0.29, 0.717) is 0 Å². The van der Waals surface area contributed by atoms with Gasteiger partial charge in [-0.05, 0) is 51.3 Å². The number of hydrogen-bond acceptors (Lipinski definition) is 4. The van der Waals surface area contributed by atoms with Crippen LogP contribution in [0.3, 0.4) is 0 Å². The number of hydrogen-bond donors (Lipinski definition) is 3. The largest absolute Gasteiger partial charge is 0.352 e. The van der Waals surface area contributed by atoms with E-state index in [1.54, 1.807) is 6.92 Å². The topological polar surface area (TPSA) is 104 Å². The second-order valence-corrected chi connectivity index (χ2v) is 8.86. The zero-order chi connectivity index (χ0) is 20.0. The monoisotopic (exact) mass is 395 g/mol. The molecule has 1 saturated carbocycles. The maximum absolute atomic E-state index is 12.5. The first kappa shape index (κ1) is 21.4. The summed E-state index contributed by atoms with van der Waals surface area (Å²) in [5.41, 5.74) is 0.201. The van der Waals surface area contributed by atoms with Crippen molar-refractivity contribution in [3.8, 4) is 0 Å². The second-order valence-electron chi connectivity index (χ2n) is 7.14. The molecule has 0 heterocycles. The minimum atomic E-state index is -3.67. The summed E-state index contributed by atoms with van der Waals surface area (Å²) in [7, 11) is -3.67. The minimum Gasteiger partial charge on any atom is -0.352 e. The van der Waals surface area contributed by atoms with Gasteiger partial charge in [-0.3, -0.25) is 9.59 Å². The smallest absolute Gasteiger partial charge is 0.251 e. The highest BCUT2D eigenvalue weighted by molar-refractivity contribution is 7.89. The summed E-state index contributed by atoms with van der Waals surface area (Å²) < 4.78 is 27.8. The number of rotatable bonds is 8. The Morgan fingerprint density at radius 3 is 2.44 bits per heavy atom. The molecule has 1 aliphatic carbocycles. The molecule has 0 aromatic heterocycles. The quantitative estimate of drug-likeness (QED) is 0.626. The van der Waals surface area contributed by atoms with Crippen molar-refractivity contribution in [2.24, 2.45) is 0 Å². The van der Waals surface area contributed by atoms with Crippen molar-refractivity contribution >= 4 is 21.8 Å². The van der Waals surface area contributed by atoms with Gasteiger partial charge in [0, 0.05) is 17.6 Å². The summed E-state index contributed by atoms with van der Waals surface area (Å²) in [6.45, 7) is 5.44. The van der Waals surface area contributed by atoms with Crippen LogP contribution in [0.1, 0.15) is 63.2 Å². The Kier molecular flexibility index (Phi) is 7.38. The predicted octanol–water partition coefficient (Wildman–Crippen LogP) is 1.94. The molecular weight excluding hydrogens is 366 g/mol. The van der Waals surface area contributed by atoms with E-state index >= 15 is 0 Å². The van der Waals surface area contributed by atoms with Gasteiger partial charge in [0.05, 0.1) is 4.90 Å². The van der Waals surface area contributed by atoms with Gasteiger partial charge in [-0.15, -0.1) is 0 Å². The van der Waals surface area contributed by atoms with Crippen molar-refractivity contribution in [2.45, 2.75) is 75.9 Å². The molecule has 0 saturated heterocycles. The molecule has 3 N–H and O–H groups in total. The molecule has 0 spiro atoms. The minimum absolute atomic E-state index is 0.0204. The fraction of sp³-hybridized carbons (Fsp3) is 0.579. The molecule has 0 radical (unpaired) electrons. The van der Waals surface area contributed by atoms with Crippen LogP contribution in [0.2, 0.25) is 0 Å². The molecule has 2 atom stereocenters. The third kappa shape index (κ3) is 6.04. The van der Waals surface area contributed by atoms with Gasteiger partial charge in [0.15, 0.2) is 0 Å². The summed E-state index contributed by atoms with van der Waals surface area (Å²) in [5, 5.41) is 5.41. The SMILES string of the molecule is CC[C@@H](C)NC(=O)[C@@H](C)NC(=O)c1cccc(S(=O)(=O)NC2CCCC2)c1. The molecule has 1 aliphatic rings. The molecule has 2 amide bonds. The van der Waals surface area contributed by atoms with Crippen LogP contribution in [-0.2, 0) is 14.8 Å². The van der Waals surface area contributed by atoms with Crippen molar-refractivity contribution in [1.29, 1.82) is 0 Å². The van der Waals surface area contributed by atoms with E-state index in [9.17, 15) is 18.0 Å². The van der Waals surface area contributed by atoms with Gasteiger partial charge in [-0.25, -0.2) is 13.1 Å². The Morgan fingerprint density at radius 2 is 1.81 bits per heavy atom. The van der Waals surface area contributed by atoms with Crippen molar-refractivity contribution in [2.75, 3.05) is 0 Å². The Bertz CT molecular complexity index is 773. The van der Waals surface area contributed by atoms with E-state index < -0.39 is 22.0 Å². The standard InChI is InChI=1S/C19H29N3O4S/c1-4-13(2)20-18(23)14(3)21-19(24)15-8-7-11-17(12-15)27(25,26)22-16-9-5-6-10-16/h7-8,11-14,16,22H,4-6,9-10H2,1-3H3,(H,20,23)(H,21,24)/t13-,14-/m1/s1. The Hall–Kier alpha value is -1.93. The van der Waals surface area contributed by atoms with Crippen LogP contribution in [-0.4, -0.2) is 38.4 Å². The lowest BCUT2D eigenvalue weighted by atomic mass is 10.2. The van der Waals surface area contributed by atoms with Crippen LogP contribution < -0.4 is 15.4 Å². The molecule has 27 heavy (non-hydrogen) atoms. The third-order valence-electron chi connectivity index (χ3n) is 4.83. The second kappa shape index (κ2) is 9.32. The van der Waals surface area contributed by atoms with Gasteiger partial charge in [0.25, 0.3) is 5.91 Å². The summed E-state index contributed by atoms with van der Waals surface area (Å²) in [4.78, 5) is 24.6. The van der Waals surface area contributed by atoms with Gasteiger partial charge in [-0.2, -0.15) is 0 Å². The average molecular weight is 396 g/mol. The van der Waals surface area contributed by atoms with Crippen LogP contribution >= 0.6 is 0 Å². The van der Waals surface area contributed by atoms with Gasteiger partial charge >= 0.3 is 0 Å². The van der Waals surface area contributed by atoms with Crippen molar-refractivity contribution in [3.63, 3.8) is 0 Å². The third-order valence-corrected chi connectivity index (χ3v) is 6.34. The maximum Gasteiger partial charge on any atom is 0.251 e. The molecule has 0 unspecified atom stereocenters. The van der Waals surface area contributed by atoms with E-state index in [2.05, 4.69) is 15.4 Å². The molecule has 8 heteroatoms. The Labute approximate surface area is 161 Å². The van der Waals surface area contributed by atoms with Gasteiger partial charge in [-0.1, -0.05) is 25.8 Å². The number of sulfonamides is 1. The van der Waals surface area contributed by atoms with Crippen molar-refractivity contribution in [1.82, 2.24) is 15.4 Å².